The highest BCUT2D eigenvalue weighted by molar-refractivity contribution is 5.85. The van der Waals surface area contributed by atoms with E-state index in [4.69, 9.17) is 18.9 Å². The zero-order chi connectivity index (χ0) is 31.9. The first kappa shape index (κ1) is 32.7. The molecule has 0 aliphatic heterocycles. The molecule has 4 N–H and O–H groups in total. The van der Waals surface area contributed by atoms with Crippen LogP contribution in [-0.4, -0.2) is 61.9 Å². The van der Waals surface area contributed by atoms with Crippen LogP contribution in [0.25, 0.3) is 0 Å². The summed E-state index contributed by atoms with van der Waals surface area (Å²) in [5, 5.41) is 28.2. The van der Waals surface area contributed by atoms with Crippen molar-refractivity contribution in [1.82, 2.24) is 10.9 Å². The zero-order valence-corrected chi connectivity index (χ0v) is 24.4. The summed E-state index contributed by atoms with van der Waals surface area (Å²) in [6.07, 6.45) is 7.02. The van der Waals surface area contributed by atoms with Crippen molar-refractivity contribution in [1.29, 1.82) is 0 Å². The Morgan fingerprint density at radius 2 is 1.11 bits per heavy atom. The number of carbonyl (C=O) groups is 2. The number of benzene rings is 3. The lowest BCUT2D eigenvalue weighted by atomic mass is 10.1. The Hall–Kier alpha value is -5.78. The van der Waals surface area contributed by atoms with Crippen LogP contribution in [0.2, 0.25) is 0 Å². The molecule has 0 radical (unpaired) electrons. The van der Waals surface area contributed by atoms with Crippen molar-refractivity contribution in [2.75, 3.05) is 27.4 Å². The van der Waals surface area contributed by atoms with E-state index in [0.29, 0.717) is 46.6 Å². The van der Waals surface area contributed by atoms with Crippen molar-refractivity contribution in [3.05, 3.63) is 96.1 Å². The van der Waals surface area contributed by atoms with E-state index in [-0.39, 0.29) is 36.2 Å². The van der Waals surface area contributed by atoms with Gasteiger partial charge in [0.25, 0.3) is 11.8 Å². The molecule has 0 aromatic heterocycles. The van der Waals surface area contributed by atoms with Gasteiger partial charge in [0.1, 0.15) is 11.5 Å². The van der Waals surface area contributed by atoms with Crippen molar-refractivity contribution in [3.63, 3.8) is 0 Å². The lowest BCUT2D eigenvalue weighted by Crippen LogP contribution is -2.25. The molecule has 3 aromatic carbocycles. The molecule has 0 heterocycles. The zero-order valence-electron chi connectivity index (χ0n) is 24.4. The second-order valence-electron chi connectivity index (χ2n) is 9.08. The average Bonchev–Trinajstić information content (AvgIpc) is 3.02. The first-order chi connectivity index (χ1) is 21.3. The number of hydrogen-bond donors (Lipinski definition) is 4. The highest BCUT2D eigenvalue weighted by Gasteiger charge is 2.11. The molecule has 12 nitrogen and oxygen atoms in total. The number of hydrazone groups is 2. The molecule has 230 valence electrons. The second-order valence-corrected chi connectivity index (χ2v) is 9.08. The van der Waals surface area contributed by atoms with Crippen molar-refractivity contribution in [3.8, 4) is 34.5 Å². The van der Waals surface area contributed by atoms with Crippen LogP contribution in [-0.2, 0) is 22.4 Å². The van der Waals surface area contributed by atoms with E-state index >= 15 is 0 Å². The van der Waals surface area contributed by atoms with Gasteiger partial charge in [-0.1, -0.05) is 12.2 Å². The summed E-state index contributed by atoms with van der Waals surface area (Å²) in [5.74, 6) is 0.456. The smallest absolute Gasteiger partial charge is 0.277 e. The number of phenolic OH excluding ortho intramolecular Hbond substituents is 2. The van der Waals surface area contributed by atoms with E-state index in [1.54, 1.807) is 60.7 Å². The predicted octanol–water partition coefficient (Wildman–Crippen LogP) is 3.63. The maximum Gasteiger partial charge on any atom is 0.277 e. The number of aromatic hydroxyl groups is 2. The molecule has 0 saturated heterocycles. The number of carbonyl (C=O) groups excluding carboxylic acids is 2. The molecule has 0 saturated carbocycles. The molecule has 44 heavy (non-hydrogen) atoms. The third kappa shape index (κ3) is 9.65. The normalized spacial score (nSPS) is 10.8. The molecule has 0 aliphatic rings. The Kier molecular flexibility index (Phi) is 12.4. The molecule has 0 atom stereocenters. The minimum absolute atomic E-state index is 0.0257. The number of nitrogens with zero attached hydrogens (tertiary/aromatic N) is 2. The van der Waals surface area contributed by atoms with Gasteiger partial charge in [0.05, 0.1) is 26.6 Å². The summed E-state index contributed by atoms with van der Waals surface area (Å²) in [7, 11) is 2.89. The summed E-state index contributed by atoms with van der Waals surface area (Å²) in [6.45, 7) is 6.76. The highest BCUT2D eigenvalue weighted by Crippen LogP contribution is 2.32. The molecule has 12 heteroatoms. The fourth-order valence-corrected chi connectivity index (χ4v) is 3.81. The maximum atomic E-state index is 12.1. The maximum absolute atomic E-state index is 12.1. The molecule has 3 rings (SSSR count). The number of ether oxygens (including phenoxy) is 4. The summed E-state index contributed by atoms with van der Waals surface area (Å²) >= 11 is 0. The Morgan fingerprint density at radius 3 is 1.45 bits per heavy atom. The SMILES string of the molecule is C=CCc1cc(C=NNC(=O)COc2ccc(OCC(=O)NN=Cc3cc(CC=C)c(O)c(OC)c3)cc2)cc(OC)c1O. The van der Waals surface area contributed by atoms with E-state index in [9.17, 15) is 19.8 Å². The molecule has 0 spiro atoms. The molecular weight excluding hydrogens is 568 g/mol. The Balaban J connectivity index is 1.43. The third-order valence-corrected chi connectivity index (χ3v) is 5.89. The molecular formula is C32H34N4O8. The number of rotatable bonds is 16. The van der Waals surface area contributed by atoms with Crippen LogP contribution in [0.1, 0.15) is 22.3 Å². The van der Waals surface area contributed by atoms with Gasteiger partial charge in [0.2, 0.25) is 0 Å². The molecule has 0 unspecified atom stereocenters. The van der Waals surface area contributed by atoms with Gasteiger partial charge in [0.15, 0.2) is 36.2 Å². The number of hydrogen-bond acceptors (Lipinski definition) is 10. The largest absolute Gasteiger partial charge is 0.504 e. The number of nitrogens with one attached hydrogen (secondary N) is 2. The van der Waals surface area contributed by atoms with E-state index < -0.39 is 11.8 Å². The molecule has 0 aliphatic carbocycles. The summed E-state index contributed by atoms with van der Waals surface area (Å²) < 4.78 is 21.3. The van der Waals surface area contributed by atoms with Crippen LogP contribution in [0.5, 0.6) is 34.5 Å². The summed E-state index contributed by atoms with van der Waals surface area (Å²) in [5.41, 5.74) is 7.20. The van der Waals surface area contributed by atoms with Crippen LogP contribution >= 0.6 is 0 Å². The molecule has 3 aromatic rings. The van der Waals surface area contributed by atoms with Crippen molar-refractivity contribution in [2.24, 2.45) is 10.2 Å². The van der Waals surface area contributed by atoms with E-state index in [1.165, 1.54) is 26.6 Å². The van der Waals surface area contributed by atoms with Crippen LogP contribution in [0.3, 0.4) is 0 Å². The molecule has 0 bridgehead atoms. The second kappa shape index (κ2) is 16.6. The van der Waals surface area contributed by atoms with Crippen LogP contribution in [0, 0.1) is 0 Å². The highest BCUT2D eigenvalue weighted by atomic mass is 16.5. The summed E-state index contributed by atoms with van der Waals surface area (Å²) in [4.78, 5) is 24.3. The number of methoxy groups -OCH3 is 2. The average molecular weight is 603 g/mol. The van der Waals surface area contributed by atoms with Gasteiger partial charge in [-0.15, -0.1) is 13.2 Å². The first-order valence-electron chi connectivity index (χ1n) is 13.3. The van der Waals surface area contributed by atoms with Gasteiger partial charge < -0.3 is 29.2 Å². The predicted molar refractivity (Wildman–Crippen MR) is 166 cm³/mol. The van der Waals surface area contributed by atoms with Gasteiger partial charge in [-0.2, -0.15) is 10.2 Å². The van der Waals surface area contributed by atoms with E-state index in [2.05, 4.69) is 34.2 Å². The molecule has 2 amide bonds. The van der Waals surface area contributed by atoms with Crippen LogP contribution < -0.4 is 29.8 Å². The molecule has 0 fully saturated rings. The van der Waals surface area contributed by atoms with Crippen LogP contribution in [0.15, 0.2) is 84.0 Å². The number of amides is 2. The standard InChI is InChI=1S/C32H34N4O8/c1-5-7-23-13-21(15-27(41-3)31(23)39)17-33-35-29(37)19-43-25-9-11-26(12-10-25)44-20-30(38)36-34-18-22-14-24(8-6-2)32(40)28(16-22)42-4/h5-6,9-18,39-40H,1-2,7-8,19-20H2,3-4H3,(H,35,37)(H,36,38). The van der Waals surface area contributed by atoms with Crippen LogP contribution in [0.4, 0.5) is 0 Å². The lowest BCUT2D eigenvalue weighted by Gasteiger charge is -2.09. The third-order valence-electron chi connectivity index (χ3n) is 5.89. The van der Waals surface area contributed by atoms with Gasteiger partial charge in [-0.25, -0.2) is 10.9 Å². The number of allylic oxidation sites excluding steroid dienone is 2. The fourth-order valence-electron chi connectivity index (χ4n) is 3.81. The van der Waals surface area contributed by atoms with Crippen molar-refractivity contribution in [2.45, 2.75) is 12.8 Å². The van der Waals surface area contributed by atoms with E-state index in [0.717, 1.165) is 0 Å². The van der Waals surface area contributed by atoms with Gasteiger partial charge in [-0.3, -0.25) is 9.59 Å². The van der Waals surface area contributed by atoms with Crippen molar-refractivity contribution >= 4 is 24.2 Å². The van der Waals surface area contributed by atoms with Gasteiger partial charge >= 0.3 is 0 Å². The van der Waals surface area contributed by atoms with Gasteiger partial charge in [-0.05, 0) is 72.5 Å². The fraction of sp³-hybridized carbons (Fsp3) is 0.188. The Labute approximate surface area is 254 Å². The summed E-state index contributed by atoms with van der Waals surface area (Å²) in [6, 6.07) is 12.9. The van der Waals surface area contributed by atoms with Gasteiger partial charge in [0, 0.05) is 11.1 Å². The van der Waals surface area contributed by atoms with E-state index in [1.807, 2.05) is 0 Å². The lowest BCUT2D eigenvalue weighted by molar-refractivity contribution is -0.123. The van der Waals surface area contributed by atoms with Crippen molar-refractivity contribution < 1.29 is 38.7 Å². The first-order valence-corrected chi connectivity index (χ1v) is 13.3. The topological polar surface area (TPSA) is 160 Å². The Morgan fingerprint density at radius 1 is 0.727 bits per heavy atom. The minimum Gasteiger partial charge on any atom is -0.504 e. The Bertz CT molecular complexity index is 1420. The monoisotopic (exact) mass is 602 g/mol. The number of phenols is 2. The quantitative estimate of drug-likeness (QED) is 0.110. The minimum atomic E-state index is -0.487.